The highest BCUT2D eigenvalue weighted by atomic mass is 15.0. The van der Waals surface area contributed by atoms with Crippen LogP contribution in [0.15, 0.2) is 425 Å². The molecule has 0 radical (unpaired) electrons. The van der Waals surface area contributed by atoms with E-state index in [1.807, 2.05) is 66.7 Å². The van der Waals surface area contributed by atoms with Crippen molar-refractivity contribution >= 4 is 0 Å². The fraction of sp³-hybridized carbons (Fsp3) is 0. The first-order valence-electron chi connectivity index (χ1n) is 36.4. The van der Waals surface area contributed by atoms with Crippen molar-refractivity contribution in [3.63, 3.8) is 0 Å². The van der Waals surface area contributed by atoms with Crippen molar-refractivity contribution in [1.29, 1.82) is 0 Å². The normalized spacial score (nSPS) is 11.0. The Morgan fingerprint density at radius 1 is 0.0926 bits per heavy atom. The molecule has 0 unspecified atom stereocenters. The Balaban J connectivity index is 0.000000158. The van der Waals surface area contributed by atoms with Gasteiger partial charge in [0.1, 0.15) is 0 Å². The van der Waals surface area contributed by atoms with Crippen LogP contribution in [0.4, 0.5) is 0 Å². The first-order chi connectivity index (χ1) is 53.5. The summed E-state index contributed by atoms with van der Waals surface area (Å²) in [5.74, 6) is 3.75. The standard InChI is InChI=1S/2C51H35N3/c1-5-15-36(16-6-1)39-27-29-41(30-28-39)50-52-49(40-21-11-4-12-22-40)53-51(54-50)48-34-46(44-25-13-23-42(31-44)37-17-7-2-8-18-37)33-47(35-48)45-26-14-24-43(32-45)38-19-9-3-10-20-38;1-5-17-36(18-6-1)40-25-15-27-42(31-40)44-33-45(43-28-16-26-41(32-43)37-19-7-2-8-20-37)35-46(34-44)50-52-49(39-23-11-4-12-24-39)53-51(54-50)48-30-14-13-29-47(48)38-21-9-3-10-22-38/h2*1-35H. The fourth-order valence-electron chi connectivity index (χ4n) is 13.9. The van der Waals surface area contributed by atoms with Gasteiger partial charge in [-0.1, -0.05) is 364 Å². The molecule has 0 atom stereocenters. The zero-order valence-electron chi connectivity index (χ0n) is 59.1. The topological polar surface area (TPSA) is 77.3 Å². The summed E-state index contributed by atoms with van der Waals surface area (Å²) in [5, 5.41) is 0. The molecule has 0 aliphatic rings. The van der Waals surface area contributed by atoms with Gasteiger partial charge in [-0.2, -0.15) is 0 Å². The van der Waals surface area contributed by atoms with Gasteiger partial charge in [0.15, 0.2) is 34.9 Å². The van der Waals surface area contributed by atoms with Crippen molar-refractivity contribution in [3.8, 4) is 180 Å². The molecule has 0 saturated heterocycles. The van der Waals surface area contributed by atoms with Crippen LogP contribution in [-0.4, -0.2) is 29.9 Å². The Kier molecular flexibility index (Phi) is 19.3. The summed E-state index contributed by atoms with van der Waals surface area (Å²) in [6, 6.07) is 148. The van der Waals surface area contributed by atoms with Gasteiger partial charge in [0, 0.05) is 33.4 Å². The maximum atomic E-state index is 5.26. The van der Waals surface area contributed by atoms with Gasteiger partial charge in [0.2, 0.25) is 0 Å². The maximum absolute atomic E-state index is 5.26. The highest BCUT2D eigenvalue weighted by Gasteiger charge is 2.20. The lowest BCUT2D eigenvalue weighted by Gasteiger charge is -2.14. The molecule has 16 aromatic carbocycles. The average molecular weight is 1380 g/mol. The Morgan fingerprint density at radius 3 is 0.556 bits per heavy atom. The molecule has 508 valence electrons. The molecule has 0 saturated carbocycles. The van der Waals surface area contributed by atoms with E-state index < -0.39 is 0 Å². The second kappa shape index (κ2) is 31.2. The van der Waals surface area contributed by atoms with Gasteiger partial charge in [0.05, 0.1) is 0 Å². The lowest BCUT2D eigenvalue weighted by atomic mass is 9.92. The van der Waals surface area contributed by atoms with Gasteiger partial charge in [-0.25, -0.2) is 29.9 Å². The molecule has 0 aliphatic heterocycles. The van der Waals surface area contributed by atoms with Crippen LogP contribution in [0, 0.1) is 0 Å². The number of hydrogen-bond acceptors (Lipinski definition) is 6. The molecule has 0 aliphatic carbocycles. The molecular formula is C102H70N6. The summed E-state index contributed by atoms with van der Waals surface area (Å²) in [6.45, 7) is 0. The quantitative estimate of drug-likeness (QED) is 0.0959. The van der Waals surface area contributed by atoms with E-state index in [9.17, 15) is 0 Å². The van der Waals surface area contributed by atoms with Gasteiger partial charge in [-0.3, -0.25) is 0 Å². The number of hydrogen-bond donors (Lipinski definition) is 0. The van der Waals surface area contributed by atoms with Gasteiger partial charge < -0.3 is 0 Å². The fourth-order valence-corrected chi connectivity index (χ4v) is 13.9. The third-order valence-electron chi connectivity index (χ3n) is 19.4. The van der Waals surface area contributed by atoms with Crippen LogP contribution in [0.1, 0.15) is 0 Å². The lowest BCUT2D eigenvalue weighted by Crippen LogP contribution is -2.01. The maximum Gasteiger partial charge on any atom is 0.164 e. The van der Waals surface area contributed by atoms with Crippen LogP contribution in [0.5, 0.6) is 0 Å². The molecule has 2 aromatic heterocycles. The first kappa shape index (κ1) is 66.8. The minimum Gasteiger partial charge on any atom is -0.208 e. The summed E-state index contributed by atoms with van der Waals surface area (Å²) in [7, 11) is 0. The zero-order valence-corrected chi connectivity index (χ0v) is 59.1. The van der Waals surface area contributed by atoms with Crippen LogP contribution in [0.3, 0.4) is 0 Å². The van der Waals surface area contributed by atoms with Gasteiger partial charge >= 0.3 is 0 Å². The summed E-state index contributed by atoms with van der Waals surface area (Å²) >= 11 is 0. The molecule has 2 heterocycles. The van der Waals surface area contributed by atoms with Crippen molar-refractivity contribution in [2.45, 2.75) is 0 Å². The molecule has 0 bridgehead atoms. The third-order valence-corrected chi connectivity index (χ3v) is 19.4. The molecule has 108 heavy (non-hydrogen) atoms. The Bertz CT molecular complexity index is 5920. The van der Waals surface area contributed by atoms with E-state index in [-0.39, 0.29) is 0 Å². The summed E-state index contributed by atoms with van der Waals surface area (Å²) in [6.07, 6.45) is 0. The first-order valence-corrected chi connectivity index (χ1v) is 36.4. The van der Waals surface area contributed by atoms with E-state index >= 15 is 0 Å². The molecule has 0 amide bonds. The van der Waals surface area contributed by atoms with E-state index in [0.717, 1.165) is 106 Å². The van der Waals surface area contributed by atoms with Crippen molar-refractivity contribution in [2.24, 2.45) is 0 Å². The van der Waals surface area contributed by atoms with Crippen LogP contribution in [-0.2, 0) is 0 Å². The highest BCUT2D eigenvalue weighted by Crippen LogP contribution is 2.40. The van der Waals surface area contributed by atoms with E-state index in [2.05, 4.69) is 358 Å². The zero-order chi connectivity index (χ0) is 72.2. The van der Waals surface area contributed by atoms with Crippen molar-refractivity contribution in [2.75, 3.05) is 0 Å². The van der Waals surface area contributed by atoms with E-state index in [0.29, 0.717) is 34.9 Å². The van der Waals surface area contributed by atoms with Gasteiger partial charge in [0.25, 0.3) is 0 Å². The molecule has 18 rings (SSSR count). The van der Waals surface area contributed by atoms with Crippen LogP contribution < -0.4 is 0 Å². The molecule has 18 aromatic rings. The van der Waals surface area contributed by atoms with E-state index in [4.69, 9.17) is 29.9 Å². The van der Waals surface area contributed by atoms with Crippen LogP contribution >= 0.6 is 0 Å². The predicted molar refractivity (Wildman–Crippen MR) is 447 cm³/mol. The number of benzene rings is 16. The molecular weight excluding hydrogens is 1310 g/mol. The van der Waals surface area contributed by atoms with Crippen molar-refractivity contribution in [1.82, 2.24) is 29.9 Å². The van der Waals surface area contributed by atoms with Gasteiger partial charge in [-0.05, 0) is 172 Å². The molecule has 0 N–H and O–H groups in total. The summed E-state index contributed by atoms with van der Waals surface area (Å²) < 4.78 is 0. The Morgan fingerprint density at radius 2 is 0.259 bits per heavy atom. The minimum atomic E-state index is 0.614. The molecule has 0 spiro atoms. The molecule has 0 fully saturated rings. The van der Waals surface area contributed by atoms with Crippen LogP contribution in [0.25, 0.3) is 180 Å². The average Bonchev–Trinajstić information content (AvgIpc) is 0.780. The Labute approximate surface area is 630 Å². The summed E-state index contributed by atoms with van der Waals surface area (Å²) in [4.78, 5) is 30.9. The number of nitrogens with zero attached hydrogens (tertiary/aromatic N) is 6. The summed E-state index contributed by atoms with van der Waals surface area (Å²) in [5.41, 5.74) is 28.2. The third kappa shape index (κ3) is 15.2. The minimum absolute atomic E-state index is 0.614. The number of rotatable bonds is 16. The molecule has 6 heteroatoms. The van der Waals surface area contributed by atoms with Crippen LogP contribution in [0.2, 0.25) is 0 Å². The Hall–Kier alpha value is -14.5. The largest absolute Gasteiger partial charge is 0.208 e. The lowest BCUT2D eigenvalue weighted by molar-refractivity contribution is 1.07. The van der Waals surface area contributed by atoms with E-state index in [1.165, 1.54) is 38.9 Å². The second-order valence-corrected chi connectivity index (χ2v) is 26.6. The highest BCUT2D eigenvalue weighted by molar-refractivity contribution is 5.88. The van der Waals surface area contributed by atoms with Gasteiger partial charge in [-0.15, -0.1) is 0 Å². The SMILES string of the molecule is c1ccc(-c2ccc(-c3nc(-c4ccccc4)nc(-c4cc(-c5cccc(-c6ccccc6)c5)cc(-c5cccc(-c6ccccc6)c5)c4)n3)cc2)cc1.c1ccc(-c2cccc(-c3cc(-c4cccc(-c5ccccc5)c4)cc(-c4nc(-c5ccccc5)nc(-c5ccccc5-c5ccccc5)n4)c3)c2)cc1. The van der Waals surface area contributed by atoms with Crippen molar-refractivity contribution < 1.29 is 0 Å². The second-order valence-electron chi connectivity index (χ2n) is 26.6. The van der Waals surface area contributed by atoms with E-state index in [1.54, 1.807) is 0 Å². The monoisotopic (exact) mass is 1380 g/mol. The predicted octanol–water partition coefficient (Wildman–Crippen LogP) is 26.4. The van der Waals surface area contributed by atoms with Crippen molar-refractivity contribution in [3.05, 3.63) is 425 Å². The molecule has 6 nitrogen and oxygen atoms in total. The number of aromatic nitrogens is 6. The smallest absolute Gasteiger partial charge is 0.164 e.